The molecule has 1 N–H and O–H groups in total. The van der Waals surface area contributed by atoms with Gasteiger partial charge in [0.1, 0.15) is 0 Å². The van der Waals surface area contributed by atoms with E-state index in [9.17, 15) is 0 Å². The number of hydrogen-bond acceptors (Lipinski definition) is 2. The van der Waals surface area contributed by atoms with Gasteiger partial charge in [0.2, 0.25) is 5.95 Å². The van der Waals surface area contributed by atoms with Crippen LogP contribution in [0.1, 0.15) is 20.3 Å². The Bertz CT molecular complexity index is 538. The molecule has 0 amide bonds. The number of hydrogen-bond donors (Lipinski definition) is 1. The van der Waals surface area contributed by atoms with Crippen LogP contribution in [0.15, 0.2) is 36.4 Å². The molecule has 3 heteroatoms. The van der Waals surface area contributed by atoms with Crippen LogP contribution in [-0.4, -0.2) is 16.1 Å². The fourth-order valence-corrected chi connectivity index (χ4v) is 1.91. The Hall–Kier alpha value is -1.77. The molecule has 1 heterocycles. The first kappa shape index (κ1) is 12.7. The van der Waals surface area contributed by atoms with E-state index in [1.165, 1.54) is 0 Å². The fraction of sp³-hybridized carbons (Fsp3) is 0.400. The summed E-state index contributed by atoms with van der Waals surface area (Å²) in [5.74, 6) is 1.64. The number of fused-ring (bicyclic) bond motifs is 1. The second kappa shape index (κ2) is 5.71. The molecule has 0 radical (unpaired) electrons. The molecule has 18 heavy (non-hydrogen) atoms. The van der Waals surface area contributed by atoms with Gasteiger partial charge in [0.05, 0.1) is 11.0 Å². The standard InChI is InChI=1S/C15H21N3/c1-12(2)8-6-7-11-16-15-17-13-9-4-5-10-14(13)18(15)3/h4-7,9-10,12H,8,11H2,1-3H3,(H,16,17)/b7-6-. The van der Waals surface area contributed by atoms with Crippen molar-refractivity contribution in [2.24, 2.45) is 13.0 Å². The van der Waals surface area contributed by atoms with Crippen molar-refractivity contribution in [1.29, 1.82) is 0 Å². The lowest BCUT2D eigenvalue weighted by atomic mass is 10.1. The van der Waals surface area contributed by atoms with Crippen LogP contribution in [0.4, 0.5) is 5.95 Å². The number of allylic oxidation sites excluding steroid dienone is 1. The number of para-hydroxylation sites is 2. The van der Waals surface area contributed by atoms with Gasteiger partial charge >= 0.3 is 0 Å². The van der Waals surface area contributed by atoms with E-state index in [0.717, 1.165) is 35.9 Å². The lowest BCUT2D eigenvalue weighted by molar-refractivity contribution is 0.663. The van der Waals surface area contributed by atoms with Crippen molar-refractivity contribution in [1.82, 2.24) is 9.55 Å². The van der Waals surface area contributed by atoms with Crippen LogP contribution in [0.5, 0.6) is 0 Å². The zero-order valence-electron chi connectivity index (χ0n) is 11.4. The highest BCUT2D eigenvalue weighted by atomic mass is 15.2. The molecule has 0 spiro atoms. The highest BCUT2D eigenvalue weighted by Gasteiger charge is 2.04. The van der Waals surface area contributed by atoms with Gasteiger partial charge in [-0.05, 0) is 24.5 Å². The highest BCUT2D eigenvalue weighted by molar-refractivity contribution is 5.78. The first-order chi connectivity index (χ1) is 8.68. The Labute approximate surface area is 109 Å². The van der Waals surface area contributed by atoms with Gasteiger partial charge in [-0.2, -0.15) is 0 Å². The van der Waals surface area contributed by atoms with Gasteiger partial charge in [-0.15, -0.1) is 0 Å². The van der Waals surface area contributed by atoms with Gasteiger partial charge in [0, 0.05) is 13.6 Å². The molecule has 96 valence electrons. The first-order valence-electron chi connectivity index (χ1n) is 6.49. The van der Waals surface area contributed by atoms with Gasteiger partial charge in [0.15, 0.2) is 0 Å². The molecule has 2 rings (SSSR count). The number of nitrogens with one attached hydrogen (secondary N) is 1. The quantitative estimate of drug-likeness (QED) is 0.813. The number of nitrogens with zero attached hydrogens (tertiary/aromatic N) is 2. The minimum absolute atomic E-state index is 0.719. The SMILES string of the molecule is CC(C)C/C=C\CNc1nc2ccccc2n1C. The Kier molecular flexibility index (Phi) is 4.03. The average Bonchev–Trinajstić information content (AvgIpc) is 2.66. The lowest BCUT2D eigenvalue weighted by Crippen LogP contribution is -2.04. The van der Waals surface area contributed by atoms with Crippen molar-refractivity contribution < 1.29 is 0 Å². The van der Waals surface area contributed by atoms with Crippen LogP contribution in [-0.2, 0) is 7.05 Å². The second-order valence-corrected chi connectivity index (χ2v) is 4.96. The molecule has 0 aliphatic carbocycles. The van der Waals surface area contributed by atoms with Crippen LogP contribution in [0.2, 0.25) is 0 Å². The molecule has 0 unspecified atom stereocenters. The maximum absolute atomic E-state index is 4.56. The largest absolute Gasteiger partial charge is 0.352 e. The molecular weight excluding hydrogens is 222 g/mol. The Morgan fingerprint density at radius 3 is 2.78 bits per heavy atom. The first-order valence-corrected chi connectivity index (χ1v) is 6.49. The topological polar surface area (TPSA) is 29.9 Å². The number of aryl methyl sites for hydroxylation is 1. The number of rotatable bonds is 5. The summed E-state index contributed by atoms with van der Waals surface area (Å²) in [6.07, 6.45) is 5.52. The van der Waals surface area contributed by atoms with Crippen molar-refractivity contribution in [3.05, 3.63) is 36.4 Å². The smallest absolute Gasteiger partial charge is 0.203 e. The van der Waals surface area contributed by atoms with E-state index in [1.54, 1.807) is 0 Å². The Morgan fingerprint density at radius 1 is 1.28 bits per heavy atom. The molecule has 1 aromatic carbocycles. The van der Waals surface area contributed by atoms with E-state index in [2.05, 4.69) is 46.9 Å². The summed E-state index contributed by atoms with van der Waals surface area (Å²) in [5.41, 5.74) is 2.19. The molecule has 0 aliphatic rings. The van der Waals surface area contributed by atoms with E-state index in [-0.39, 0.29) is 0 Å². The number of aromatic nitrogens is 2. The molecule has 0 saturated carbocycles. The Balaban J connectivity index is 2.00. The van der Waals surface area contributed by atoms with E-state index >= 15 is 0 Å². The van der Waals surface area contributed by atoms with Crippen molar-refractivity contribution in [3.8, 4) is 0 Å². The molecule has 0 saturated heterocycles. The summed E-state index contributed by atoms with van der Waals surface area (Å²) in [6.45, 7) is 5.27. The number of anilines is 1. The van der Waals surface area contributed by atoms with Crippen LogP contribution in [0.3, 0.4) is 0 Å². The predicted molar refractivity (Wildman–Crippen MR) is 77.8 cm³/mol. The molecule has 2 aromatic rings. The highest BCUT2D eigenvalue weighted by Crippen LogP contribution is 2.17. The van der Waals surface area contributed by atoms with Gasteiger partial charge in [0.25, 0.3) is 0 Å². The summed E-state index contributed by atoms with van der Waals surface area (Å²) in [5, 5.41) is 3.34. The van der Waals surface area contributed by atoms with Crippen LogP contribution < -0.4 is 5.32 Å². The minimum atomic E-state index is 0.719. The molecule has 0 bridgehead atoms. The van der Waals surface area contributed by atoms with Crippen molar-refractivity contribution in [2.45, 2.75) is 20.3 Å². The maximum Gasteiger partial charge on any atom is 0.203 e. The van der Waals surface area contributed by atoms with Gasteiger partial charge in [-0.3, -0.25) is 0 Å². The van der Waals surface area contributed by atoms with Gasteiger partial charge < -0.3 is 9.88 Å². The van der Waals surface area contributed by atoms with Crippen molar-refractivity contribution >= 4 is 17.0 Å². The molecule has 0 atom stereocenters. The zero-order chi connectivity index (χ0) is 13.0. The van der Waals surface area contributed by atoms with Crippen LogP contribution >= 0.6 is 0 Å². The van der Waals surface area contributed by atoms with E-state index in [0.29, 0.717) is 0 Å². The normalized spacial score (nSPS) is 11.8. The molecular formula is C15H21N3. The predicted octanol–water partition coefficient (Wildman–Crippen LogP) is 3.59. The summed E-state index contributed by atoms with van der Waals surface area (Å²) in [6, 6.07) is 8.18. The molecule has 0 fully saturated rings. The monoisotopic (exact) mass is 243 g/mol. The summed E-state index contributed by atoms with van der Waals surface area (Å²) in [7, 11) is 2.04. The third-order valence-electron chi connectivity index (χ3n) is 2.94. The van der Waals surface area contributed by atoms with E-state index in [1.807, 2.05) is 25.2 Å². The Morgan fingerprint density at radius 2 is 2.06 bits per heavy atom. The van der Waals surface area contributed by atoms with Crippen molar-refractivity contribution in [2.75, 3.05) is 11.9 Å². The lowest BCUT2D eigenvalue weighted by Gasteiger charge is -2.03. The van der Waals surface area contributed by atoms with Crippen LogP contribution in [0, 0.1) is 5.92 Å². The average molecular weight is 243 g/mol. The minimum Gasteiger partial charge on any atom is -0.352 e. The number of benzene rings is 1. The summed E-state index contributed by atoms with van der Waals surface area (Å²) in [4.78, 5) is 4.56. The third kappa shape index (κ3) is 2.92. The summed E-state index contributed by atoms with van der Waals surface area (Å²) < 4.78 is 2.09. The second-order valence-electron chi connectivity index (χ2n) is 4.96. The maximum atomic E-state index is 4.56. The number of imidazole rings is 1. The fourth-order valence-electron chi connectivity index (χ4n) is 1.91. The summed E-state index contributed by atoms with van der Waals surface area (Å²) >= 11 is 0. The molecule has 0 aliphatic heterocycles. The van der Waals surface area contributed by atoms with Gasteiger partial charge in [-0.25, -0.2) is 4.98 Å². The van der Waals surface area contributed by atoms with E-state index in [4.69, 9.17) is 0 Å². The molecule has 1 aromatic heterocycles. The zero-order valence-corrected chi connectivity index (χ0v) is 11.4. The molecule has 3 nitrogen and oxygen atoms in total. The third-order valence-corrected chi connectivity index (χ3v) is 2.94. The van der Waals surface area contributed by atoms with Gasteiger partial charge in [-0.1, -0.05) is 38.1 Å². The van der Waals surface area contributed by atoms with Crippen molar-refractivity contribution in [3.63, 3.8) is 0 Å². The van der Waals surface area contributed by atoms with Crippen LogP contribution in [0.25, 0.3) is 11.0 Å². The van der Waals surface area contributed by atoms with E-state index < -0.39 is 0 Å².